The van der Waals surface area contributed by atoms with Crippen LogP contribution in [0, 0.1) is 5.92 Å². The van der Waals surface area contributed by atoms with Gasteiger partial charge in [-0.3, -0.25) is 0 Å². The van der Waals surface area contributed by atoms with E-state index in [9.17, 15) is 0 Å². The first-order valence-electron chi connectivity index (χ1n) is 7.17. The molecule has 4 heteroatoms. The number of aromatic nitrogens is 4. The van der Waals surface area contributed by atoms with Gasteiger partial charge in [0, 0.05) is 0 Å². The van der Waals surface area contributed by atoms with Crippen molar-refractivity contribution in [2.45, 2.75) is 46.3 Å². The molecular weight excluding hydrogens is 236 g/mol. The summed E-state index contributed by atoms with van der Waals surface area (Å²) in [5.74, 6) is 0.607. The number of imidazole rings is 2. The number of hydrogen-bond acceptors (Lipinski definition) is 0. The molecule has 0 aliphatic heterocycles. The molecule has 104 valence electrons. The lowest BCUT2D eigenvalue weighted by Crippen LogP contribution is -2.31. The van der Waals surface area contributed by atoms with Gasteiger partial charge in [-0.15, -0.1) is 0 Å². The maximum absolute atomic E-state index is 2.35. The minimum Gasteiger partial charge on any atom is -0.240 e. The summed E-state index contributed by atoms with van der Waals surface area (Å²) in [6.07, 6.45) is 14.1. The third-order valence-corrected chi connectivity index (χ3v) is 3.57. The van der Waals surface area contributed by atoms with Crippen molar-refractivity contribution in [1.29, 1.82) is 0 Å². The molecule has 0 aliphatic carbocycles. The van der Waals surface area contributed by atoms with Crippen LogP contribution >= 0.6 is 0 Å². The molecule has 0 saturated heterocycles. The number of hydrogen-bond donors (Lipinski definition) is 0. The number of rotatable bonds is 6. The largest absolute Gasteiger partial charge is 0.244 e. The minimum atomic E-state index is 0.491. The molecule has 19 heavy (non-hydrogen) atoms. The second kappa shape index (κ2) is 6.04. The molecule has 0 radical (unpaired) electrons. The van der Waals surface area contributed by atoms with Crippen LogP contribution in [-0.4, -0.2) is 9.13 Å². The van der Waals surface area contributed by atoms with Gasteiger partial charge in [-0.2, -0.15) is 0 Å². The first kappa shape index (κ1) is 13.8. The Kier molecular flexibility index (Phi) is 4.40. The van der Waals surface area contributed by atoms with E-state index >= 15 is 0 Å². The maximum atomic E-state index is 2.35. The van der Waals surface area contributed by atoms with Crippen LogP contribution in [-0.2, 0) is 20.1 Å². The average molecular weight is 262 g/mol. The minimum absolute atomic E-state index is 0.491. The zero-order valence-corrected chi connectivity index (χ0v) is 12.5. The van der Waals surface area contributed by atoms with Crippen molar-refractivity contribution in [3.63, 3.8) is 0 Å². The van der Waals surface area contributed by atoms with E-state index in [1.807, 2.05) is 0 Å². The molecule has 0 N–H and O–H groups in total. The van der Waals surface area contributed by atoms with Gasteiger partial charge in [-0.25, -0.2) is 18.3 Å². The lowest BCUT2D eigenvalue weighted by atomic mass is 10.0. The van der Waals surface area contributed by atoms with Crippen LogP contribution in [0.15, 0.2) is 37.4 Å². The summed E-state index contributed by atoms with van der Waals surface area (Å²) in [4.78, 5) is 0. The molecule has 2 heterocycles. The monoisotopic (exact) mass is 262 g/mol. The second-order valence-corrected chi connectivity index (χ2v) is 5.69. The van der Waals surface area contributed by atoms with E-state index in [0.29, 0.717) is 12.0 Å². The molecule has 0 aliphatic rings. The SMILES string of the molecule is CCC[n+]1ccn([C@H](Cn2cc[n+](C)c2)C(C)C)c1. The van der Waals surface area contributed by atoms with Crippen LogP contribution in [0.3, 0.4) is 0 Å². The van der Waals surface area contributed by atoms with Gasteiger partial charge in [-0.1, -0.05) is 20.8 Å². The predicted octanol–water partition coefficient (Wildman–Crippen LogP) is 1.71. The molecule has 0 bridgehead atoms. The summed E-state index contributed by atoms with van der Waals surface area (Å²) < 4.78 is 8.96. The van der Waals surface area contributed by atoms with Crippen LogP contribution < -0.4 is 9.13 Å². The molecular formula is C15H26N4+2. The second-order valence-electron chi connectivity index (χ2n) is 5.69. The van der Waals surface area contributed by atoms with Crippen molar-refractivity contribution >= 4 is 0 Å². The van der Waals surface area contributed by atoms with Gasteiger partial charge in [0.1, 0.15) is 37.4 Å². The van der Waals surface area contributed by atoms with Crippen molar-refractivity contribution in [2.75, 3.05) is 0 Å². The summed E-state index contributed by atoms with van der Waals surface area (Å²) in [5, 5.41) is 0. The highest BCUT2D eigenvalue weighted by Crippen LogP contribution is 2.18. The molecule has 2 rings (SSSR count). The average Bonchev–Trinajstić information content (AvgIpc) is 2.95. The quantitative estimate of drug-likeness (QED) is 0.705. The molecule has 2 aromatic heterocycles. The highest BCUT2D eigenvalue weighted by atomic mass is 15.2. The molecule has 2 aromatic rings. The predicted molar refractivity (Wildman–Crippen MR) is 74.4 cm³/mol. The van der Waals surface area contributed by atoms with E-state index < -0.39 is 0 Å². The normalized spacial score (nSPS) is 13.1. The lowest BCUT2D eigenvalue weighted by Gasteiger charge is -2.15. The fourth-order valence-electron chi connectivity index (χ4n) is 2.47. The van der Waals surface area contributed by atoms with E-state index in [0.717, 1.165) is 13.1 Å². The van der Waals surface area contributed by atoms with Gasteiger partial charge >= 0.3 is 0 Å². The van der Waals surface area contributed by atoms with E-state index in [1.54, 1.807) is 0 Å². The maximum Gasteiger partial charge on any atom is 0.244 e. The smallest absolute Gasteiger partial charge is 0.240 e. The zero-order valence-electron chi connectivity index (χ0n) is 12.5. The third-order valence-electron chi connectivity index (χ3n) is 3.57. The Morgan fingerprint density at radius 3 is 2.47 bits per heavy atom. The standard InChI is InChI=1S/C15H26N4/c1-5-6-17-9-10-19(13-17)15(14(2)3)11-18-8-7-16(4)12-18/h7-10,12-15H,5-6,11H2,1-4H3/q+2/t15-/m1/s1. The van der Waals surface area contributed by atoms with E-state index in [4.69, 9.17) is 0 Å². The van der Waals surface area contributed by atoms with Crippen molar-refractivity contribution in [2.24, 2.45) is 13.0 Å². The fourth-order valence-corrected chi connectivity index (χ4v) is 2.47. The van der Waals surface area contributed by atoms with Crippen LogP contribution in [0.25, 0.3) is 0 Å². The number of nitrogens with zero attached hydrogens (tertiary/aromatic N) is 4. The molecule has 1 atom stereocenters. The van der Waals surface area contributed by atoms with Crippen LogP contribution in [0.2, 0.25) is 0 Å². The van der Waals surface area contributed by atoms with Gasteiger partial charge in [0.25, 0.3) is 0 Å². The number of aryl methyl sites for hydroxylation is 2. The fraction of sp³-hybridized carbons (Fsp3) is 0.600. The molecule has 0 aromatic carbocycles. The van der Waals surface area contributed by atoms with E-state index in [-0.39, 0.29) is 0 Å². The van der Waals surface area contributed by atoms with Gasteiger partial charge in [0.15, 0.2) is 0 Å². The van der Waals surface area contributed by atoms with Gasteiger partial charge in [0.2, 0.25) is 12.7 Å². The Morgan fingerprint density at radius 1 is 1.11 bits per heavy atom. The molecule has 0 fully saturated rings. The first-order chi connectivity index (χ1) is 9.10. The zero-order chi connectivity index (χ0) is 13.8. The highest BCUT2D eigenvalue weighted by molar-refractivity contribution is 4.79. The van der Waals surface area contributed by atoms with Crippen molar-refractivity contribution in [1.82, 2.24) is 9.13 Å². The molecule has 0 spiro atoms. The van der Waals surface area contributed by atoms with E-state index in [2.05, 4.69) is 83.5 Å². The van der Waals surface area contributed by atoms with Gasteiger partial charge in [0.05, 0.1) is 13.6 Å². The van der Waals surface area contributed by atoms with Crippen LogP contribution in [0.1, 0.15) is 33.2 Å². The Hall–Kier alpha value is -1.58. The Labute approximate surface area is 115 Å². The Balaban J connectivity index is 2.14. The molecule has 0 unspecified atom stereocenters. The molecule has 4 nitrogen and oxygen atoms in total. The summed E-state index contributed by atoms with van der Waals surface area (Å²) in [6, 6.07) is 0.491. The van der Waals surface area contributed by atoms with Crippen LogP contribution in [0.5, 0.6) is 0 Å². The van der Waals surface area contributed by atoms with Crippen molar-refractivity contribution in [3.8, 4) is 0 Å². The highest BCUT2D eigenvalue weighted by Gasteiger charge is 2.23. The Morgan fingerprint density at radius 2 is 1.89 bits per heavy atom. The van der Waals surface area contributed by atoms with Gasteiger partial charge in [-0.05, 0) is 12.3 Å². The van der Waals surface area contributed by atoms with Crippen molar-refractivity contribution < 1.29 is 9.13 Å². The molecule has 0 amide bonds. The van der Waals surface area contributed by atoms with Gasteiger partial charge < -0.3 is 0 Å². The summed E-state index contributed by atoms with van der Waals surface area (Å²) >= 11 is 0. The van der Waals surface area contributed by atoms with Crippen molar-refractivity contribution in [3.05, 3.63) is 37.4 Å². The van der Waals surface area contributed by atoms with E-state index in [1.165, 1.54) is 6.42 Å². The summed E-state index contributed by atoms with van der Waals surface area (Å²) in [7, 11) is 2.06. The lowest BCUT2D eigenvalue weighted by molar-refractivity contribution is -0.696. The molecule has 0 saturated carbocycles. The summed E-state index contributed by atoms with van der Waals surface area (Å²) in [5.41, 5.74) is 0. The summed E-state index contributed by atoms with van der Waals surface area (Å²) in [6.45, 7) is 8.90. The van der Waals surface area contributed by atoms with Crippen LogP contribution in [0.4, 0.5) is 0 Å². The Bertz CT molecular complexity index is 510. The third kappa shape index (κ3) is 3.46. The topological polar surface area (TPSA) is 17.6 Å². The first-order valence-corrected chi connectivity index (χ1v) is 7.17.